The fraction of sp³-hybridized carbons (Fsp3) is 0.154. The molecule has 17 heavy (non-hydrogen) atoms. The Morgan fingerprint density at radius 3 is 2.82 bits per heavy atom. The van der Waals surface area contributed by atoms with Gasteiger partial charge in [0.15, 0.2) is 0 Å². The summed E-state index contributed by atoms with van der Waals surface area (Å²) in [5.74, 6) is 0. The minimum Gasteiger partial charge on any atom is -0.346 e. The molecule has 1 aromatic carbocycles. The maximum Gasteiger partial charge on any atom is 0.0992 e. The van der Waals surface area contributed by atoms with Crippen LogP contribution in [0.4, 0.5) is 0 Å². The van der Waals surface area contributed by atoms with Crippen molar-refractivity contribution in [3.8, 4) is 6.07 Å². The van der Waals surface area contributed by atoms with E-state index in [-0.39, 0.29) is 0 Å². The lowest BCUT2D eigenvalue weighted by atomic mass is 10.1. The highest BCUT2D eigenvalue weighted by Gasteiger charge is 2.04. The largest absolute Gasteiger partial charge is 0.346 e. The number of nitrogens with two attached hydrogens (primary N) is 1. The van der Waals surface area contributed by atoms with Crippen LogP contribution in [0, 0.1) is 11.3 Å². The molecule has 2 aromatic rings. The monoisotopic (exact) mass is 245 g/mol. The fourth-order valence-corrected chi connectivity index (χ4v) is 1.96. The molecule has 0 saturated carbocycles. The lowest BCUT2D eigenvalue weighted by molar-refractivity contribution is 0.744. The second-order valence-corrected chi connectivity index (χ2v) is 4.16. The predicted octanol–water partition coefficient (Wildman–Crippen LogP) is 2.52. The Hall–Kier alpha value is -1.76. The van der Waals surface area contributed by atoms with Crippen LogP contribution in [0.1, 0.15) is 16.8 Å². The van der Waals surface area contributed by atoms with E-state index in [0.29, 0.717) is 23.7 Å². The molecule has 0 aliphatic heterocycles. The first-order chi connectivity index (χ1) is 8.24. The van der Waals surface area contributed by atoms with Crippen LogP contribution in [0.3, 0.4) is 0 Å². The van der Waals surface area contributed by atoms with Crippen LogP contribution in [0.5, 0.6) is 0 Å². The molecule has 4 heteroatoms. The van der Waals surface area contributed by atoms with Crippen LogP contribution < -0.4 is 5.73 Å². The fourth-order valence-electron chi connectivity index (χ4n) is 1.72. The Morgan fingerprint density at radius 2 is 2.18 bits per heavy atom. The second kappa shape index (κ2) is 5.05. The van der Waals surface area contributed by atoms with Gasteiger partial charge in [-0.2, -0.15) is 5.26 Å². The number of nitrogens with zero attached hydrogens (tertiary/aromatic N) is 2. The van der Waals surface area contributed by atoms with Crippen molar-refractivity contribution in [2.24, 2.45) is 5.73 Å². The third-order valence-electron chi connectivity index (χ3n) is 2.66. The Kier molecular flexibility index (Phi) is 3.48. The maximum absolute atomic E-state index is 8.76. The van der Waals surface area contributed by atoms with Gasteiger partial charge in [0.2, 0.25) is 0 Å². The molecular formula is C13H12ClN3. The number of aromatic nitrogens is 1. The molecule has 0 spiro atoms. The molecule has 0 saturated heterocycles. The summed E-state index contributed by atoms with van der Waals surface area (Å²) in [6.07, 6.45) is 1.97. The van der Waals surface area contributed by atoms with E-state index in [1.54, 1.807) is 12.1 Å². The number of hydrogen-bond donors (Lipinski definition) is 1. The lowest BCUT2D eigenvalue weighted by Gasteiger charge is -2.09. The van der Waals surface area contributed by atoms with E-state index in [1.807, 2.05) is 29.0 Å². The number of rotatable bonds is 3. The minimum absolute atomic E-state index is 0.501. The first kappa shape index (κ1) is 11.7. The van der Waals surface area contributed by atoms with Crippen LogP contribution in [0.15, 0.2) is 36.5 Å². The van der Waals surface area contributed by atoms with Gasteiger partial charge in [-0.15, -0.1) is 0 Å². The van der Waals surface area contributed by atoms with E-state index in [1.165, 1.54) is 0 Å². The van der Waals surface area contributed by atoms with E-state index >= 15 is 0 Å². The molecule has 1 heterocycles. The summed E-state index contributed by atoms with van der Waals surface area (Å²) in [5.41, 5.74) is 8.25. The molecule has 1 aromatic heterocycles. The van der Waals surface area contributed by atoms with Crippen molar-refractivity contribution in [3.05, 3.63) is 58.4 Å². The van der Waals surface area contributed by atoms with E-state index in [9.17, 15) is 0 Å². The Morgan fingerprint density at radius 1 is 1.35 bits per heavy atom. The predicted molar refractivity (Wildman–Crippen MR) is 67.6 cm³/mol. The smallest absolute Gasteiger partial charge is 0.0992 e. The topological polar surface area (TPSA) is 54.7 Å². The maximum atomic E-state index is 8.76. The summed E-state index contributed by atoms with van der Waals surface area (Å²) >= 11 is 6.12. The van der Waals surface area contributed by atoms with Crippen molar-refractivity contribution in [1.82, 2.24) is 4.57 Å². The van der Waals surface area contributed by atoms with Crippen molar-refractivity contribution in [3.63, 3.8) is 0 Å². The van der Waals surface area contributed by atoms with Crippen molar-refractivity contribution in [1.29, 1.82) is 5.26 Å². The van der Waals surface area contributed by atoms with Gasteiger partial charge in [-0.25, -0.2) is 0 Å². The summed E-state index contributed by atoms with van der Waals surface area (Å²) < 4.78 is 2.05. The molecule has 0 radical (unpaired) electrons. The summed E-state index contributed by atoms with van der Waals surface area (Å²) in [4.78, 5) is 0. The average Bonchev–Trinajstić information content (AvgIpc) is 2.79. The zero-order valence-corrected chi connectivity index (χ0v) is 9.98. The quantitative estimate of drug-likeness (QED) is 0.903. The minimum atomic E-state index is 0.501. The van der Waals surface area contributed by atoms with Crippen molar-refractivity contribution in [2.45, 2.75) is 13.1 Å². The van der Waals surface area contributed by atoms with E-state index < -0.39 is 0 Å². The van der Waals surface area contributed by atoms with Crippen molar-refractivity contribution in [2.75, 3.05) is 0 Å². The number of benzene rings is 1. The first-order valence-corrected chi connectivity index (χ1v) is 5.65. The third kappa shape index (κ3) is 2.50. The van der Waals surface area contributed by atoms with Crippen LogP contribution in [-0.4, -0.2) is 4.57 Å². The lowest BCUT2D eigenvalue weighted by Crippen LogP contribution is -2.07. The van der Waals surface area contributed by atoms with E-state index in [0.717, 1.165) is 11.3 Å². The van der Waals surface area contributed by atoms with E-state index in [2.05, 4.69) is 6.07 Å². The van der Waals surface area contributed by atoms with Crippen LogP contribution in [-0.2, 0) is 13.1 Å². The second-order valence-electron chi connectivity index (χ2n) is 3.75. The Balaban J connectivity index is 2.28. The molecule has 0 aliphatic rings. The van der Waals surface area contributed by atoms with Gasteiger partial charge in [-0.05, 0) is 29.8 Å². The van der Waals surface area contributed by atoms with Crippen molar-refractivity contribution < 1.29 is 0 Å². The molecule has 2 rings (SSSR count). The molecule has 0 unspecified atom stereocenters. The Labute approximate surface area is 105 Å². The van der Waals surface area contributed by atoms with Gasteiger partial charge in [0.1, 0.15) is 0 Å². The van der Waals surface area contributed by atoms with Gasteiger partial charge < -0.3 is 10.3 Å². The molecular weight excluding hydrogens is 234 g/mol. The van der Waals surface area contributed by atoms with Gasteiger partial charge in [-0.1, -0.05) is 17.7 Å². The third-order valence-corrected chi connectivity index (χ3v) is 3.01. The average molecular weight is 246 g/mol. The van der Waals surface area contributed by atoms with Gasteiger partial charge in [-0.3, -0.25) is 0 Å². The van der Waals surface area contributed by atoms with Crippen LogP contribution in [0.2, 0.25) is 5.02 Å². The molecule has 3 nitrogen and oxygen atoms in total. The zero-order valence-electron chi connectivity index (χ0n) is 9.23. The molecule has 0 bridgehead atoms. The van der Waals surface area contributed by atoms with Crippen LogP contribution >= 0.6 is 11.6 Å². The number of nitriles is 1. The standard InChI is InChI=1S/C13H12ClN3/c14-13-6-10(7-15)3-4-11(13)9-17-5-1-2-12(17)8-16/h1-6H,8-9,16H2. The summed E-state index contributed by atoms with van der Waals surface area (Å²) in [6.45, 7) is 1.17. The molecule has 2 N–H and O–H groups in total. The van der Waals surface area contributed by atoms with Gasteiger partial charge in [0, 0.05) is 30.0 Å². The summed E-state index contributed by atoms with van der Waals surface area (Å²) in [7, 11) is 0. The van der Waals surface area contributed by atoms with Crippen LogP contribution in [0.25, 0.3) is 0 Å². The van der Waals surface area contributed by atoms with E-state index in [4.69, 9.17) is 22.6 Å². The number of hydrogen-bond acceptors (Lipinski definition) is 2. The Bertz CT molecular complexity index is 566. The first-order valence-electron chi connectivity index (χ1n) is 5.27. The molecule has 0 fully saturated rings. The van der Waals surface area contributed by atoms with Gasteiger partial charge >= 0.3 is 0 Å². The summed E-state index contributed by atoms with van der Waals surface area (Å²) in [5, 5.41) is 9.37. The SMILES string of the molecule is N#Cc1ccc(Cn2cccc2CN)c(Cl)c1. The highest BCUT2D eigenvalue weighted by atomic mass is 35.5. The molecule has 86 valence electrons. The van der Waals surface area contributed by atoms with Gasteiger partial charge in [0.25, 0.3) is 0 Å². The molecule has 0 aliphatic carbocycles. The summed E-state index contributed by atoms with van der Waals surface area (Å²) in [6, 6.07) is 11.3. The molecule has 0 amide bonds. The highest BCUT2D eigenvalue weighted by Crippen LogP contribution is 2.19. The highest BCUT2D eigenvalue weighted by molar-refractivity contribution is 6.31. The molecule has 0 atom stereocenters. The number of halogens is 1. The normalized spacial score (nSPS) is 10.2. The van der Waals surface area contributed by atoms with Crippen molar-refractivity contribution >= 4 is 11.6 Å². The zero-order chi connectivity index (χ0) is 12.3. The van der Waals surface area contributed by atoms with Gasteiger partial charge in [0.05, 0.1) is 11.6 Å².